The van der Waals surface area contributed by atoms with Crippen molar-refractivity contribution in [1.82, 2.24) is 14.8 Å². The van der Waals surface area contributed by atoms with Crippen molar-refractivity contribution in [3.8, 4) is 6.07 Å². The van der Waals surface area contributed by atoms with Gasteiger partial charge >= 0.3 is 0 Å². The predicted octanol–water partition coefficient (Wildman–Crippen LogP) is 3.24. The first kappa shape index (κ1) is 21.9. The number of likely N-dealkylation sites (tertiary alicyclic amines) is 1. The molecule has 1 atom stereocenters. The minimum atomic E-state index is -3.11. The molecule has 1 saturated heterocycles. The summed E-state index contributed by atoms with van der Waals surface area (Å²) in [7, 11) is 0. The van der Waals surface area contributed by atoms with E-state index in [2.05, 4.69) is 21.2 Å². The van der Waals surface area contributed by atoms with Gasteiger partial charge in [-0.05, 0) is 25.1 Å². The highest BCUT2D eigenvalue weighted by molar-refractivity contribution is 9.10. The van der Waals surface area contributed by atoms with E-state index in [4.69, 9.17) is 5.26 Å². The molecule has 1 aliphatic heterocycles. The zero-order valence-corrected chi connectivity index (χ0v) is 17.5. The lowest BCUT2D eigenvalue weighted by Crippen LogP contribution is -2.42. The molecule has 1 aromatic heterocycles. The zero-order valence-electron chi connectivity index (χ0n) is 16.0. The van der Waals surface area contributed by atoms with E-state index in [1.54, 1.807) is 35.8 Å². The fraction of sp³-hybridized carbons (Fsp3) is 0.350. The van der Waals surface area contributed by atoms with Gasteiger partial charge in [-0.1, -0.05) is 22.0 Å². The van der Waals surface area contributed by atoms with Crippen LogP contribution in [0.15, 0.2) is 34.9 Å². The Hall–Kier alpha value is -2.80. The van der Waals surface area contributed by atoms with Gasteiger partial charge in [-0.25, -0.2) is 13.2 Å². The van der Waals surface area contributed by atoms with Crippen LogP contribution in [-0.2, 0) is 11.3 Å². The molecule has 1 fully saturated rings. The molecule has 3 rings (SSSR count). The lowest BCUT2D eigenvalue weighted by Gasteiger charge is -2.19. The monoisotopic (exact) mass is 482 g/mol. The lowest BCUT2D eigenvalue weighted by atomic mass is 10.2. The van der Waals surface area contributed by atoms with Crippen LogP contribution in [-0.4, -0.2) is 46.3 Å². The first-order chi connectivity index (χ1) is 14.1. The van der Waals surface area contributed by atoms with Crippen LogP contribution in [0, 0.1) is 24.1 Å². The van der Waals surface area contributed by atoms with E-state index in [-0.39, 0.29) is 17.9 Å². The normalized spacial score (nSPS) is 17.6. The number of benzene rings is 1. The summed E-state index contributed by atoms with van der Waals surface area (Å²) in [4.78, 5) is 25.4. The number of carbonyl (C=O) groups excluding carboxylic acids is 2. The van der Waals surface area contributed by atoms with Crippen LogP contribution < -0.4 is 5.32 Å². The quantitative estimate of drug-likeness (QED) is 0.710. The standard InChI is InChI=1S/C20H18BrF3N4O2/c1-12-4-14(10-27(12)9-13-2-3-15(21)5-17(13)22)19(30)26-8-18(29)28-11-20(23,24)6-16(28)7-25/h2-5,10,16H,6,8-9,11H2,1H3,(H,26,30)/t16-/m0/s1. The van der Waals surface area contributed by atoms with Crippen molar-refractivity contribution in [2.75, 3.05) is 13.1 Å². The SMILES string of the molecule is Cc1cc(C(=O)NCC(=O)N2CC(F)(F)C[C@H]2C#N)cn1Cc1ccc(Br)cc1F. The van der Waals surface area contributed by atoms with Crippen molar-refractivity contribution in [2.24, 2.45) is 0 Å². The minimum Gasteiger partial charge on any atom is -0.346 e. The van der Waals surface area contributed by atoms with Crippen molar-refractivity contribution in [3.63, 3.8) is 0 Å². The molecule has 6 nitrogen and oxygen atoms in total. The first-order valence-corrected chi connectivity index (χ1v) is 9.85. The Bertz CT molecular complexity index is 1030. The van der Waals surface area contributed by atoms with Crippen LogP contribution in [0.25, 0.3) is 0 Å². The van der Waals surface area contributed by atoms with Gasteiger partial charge in [0.1, 0.15) is 11.9 Å². The Morgan fingerprint density at radius 2 is 2.10 bits per heavy atom. The molecule has 2 amide bonds. The summed E-state index contributed by atoms with van der Waals surface area (Å²) in [6.45, 7) is 0.624. The molecule has 158 valence electrons. The molecule has 1 N–H and O–H groups in total. The number of alkyl halides is 2. The molecule has 0 unspecified atom stereocenters. The van der Waals surface area contributed by atoms with Gasteiger partial charge in [0.2, 0.25) is 5.91 Å². The molecule has 10 heteroatoms. The average molecular weight is 483 g/mol. The van der Waals surface area contributed by atoms with E-state index in [1.165, 1.54) is 12.3 Å². The van der Waals surface area contributed by atoms with Crippen molar-refractivity contribution in [3.05, 3.63) is 57.6 Å². The second-order valence-electron chi connectivity index (χ2n) is 7.14. The lowest BCUT2D eigenvalue weighted by molar-refractivity contribution is -0.131. The van der Waals surface area contributed by atoms with Gasteiger partial charge in [-0.2, -0.15) is 5.26 Å². The number of amides is 2. The van der Waals surface area contributed by atoms with Gasteiger partial charge in [0, 0.05) is 28.3 Å². The summed E-state index contributed by atoms with van der Waals surface area (Å²) in [5, 5.41) is 11.4. The number of aryl methyl sites for hydroxylation is 1. The number of hydrogen-bond donors (Lipinski definition) is 1. The molecule has 1 aliphatic rings. The molecular weight excluding hydrogens is 465 g/mol. The summed E-state index contributed by atoms with van der Waals surface area (Å²) in [6, 6.07) is 6.75. The van der Waals surface area contributed by atoms with E-state index in [1.807, 2.05) is 0 Å². The van der Waals surface area contributed by atoms with Crippen molar-refractivity contribution in [1.29, 1.82) is 5.26 Å². The maximum Gasteiger partial charge on any atom is 0.268 e. The fourth-order valence-corrected chi connectivity index (χ4v) is 3.63. The minimum absolute atomic E-state index is 0.212. The third-order valence-corrected chi connectivity index (χ3v) is 5.36. The molecule has 0 radical (unpaired) electrons. The predicted molar refractivity (Wildman–Crippen MR) is 105 cm³/mol. The molecular formula is C20H18BrF3N4O2. The Labute approximate surface area is 179 Å². The van der Waals surface area contributed by atoms with Gasteiger partial charge < -0.3 is 14.8 Å². The van der Waals surface area contributed by atoms with Crippen LogP contribution in [0.1, 0.15) is 28.0 Å². The smallest absolute Gasteiger partial charge is 0.268 e. The van der Waals surface area contributed by atoms with Crippen LogP contribution in [0.4, 0.5) is 13.2 Å². The van der Waals surface area contributed by atoms with Crippen molar-refractivity contribution < 1.29 is 22.8 Å². The Morgan fingerprint density at radius 1 is 1.37 bits per heavy atom. The third-order valence-electron chi connectivity index (χ3n) is 4.87. The number of carbonyl (C=O) groups is 2. The molecule has 1 aromatic carbocycles. The van der Waals surface area contributed by atoms with Gasteiger partial charge in [0.25, 0.3) is 11.8 Å². The first-order valence-electron chi connectivity index (χ1n) is 9.05. The fourth-order valence-electron chi connectivity index (χ4n) is 3.30. The van der Waals surface area contributed by atoms with Crippen molar-refractivity contribution >= 4 is 27.7 Å². The average Bonchev–Trinajstić information content (AvgIpc) is 3.20. The molecule has 30 heavy (non-hydrogen) atoms. The summed E-state index contributed by atoms with van der Waals surface area (Å²) < 4.78 is 43.3. The Balaban J connectivity index is 1.63. The highest BCUT2D eigenvalue weighted by Crippen LogP contribution is 2.31. The highest BCUT2D eigenvalue weighted by Gasteiger charge is 2.47. The second kappa shape index (κ2) is 8.52. The zero-order chi connectivity index (χ0) is 22.1. The van der Waals surface area contributed by atoms with Crippen LogP contribution in [0.2, 0.25) is 0 Å². The number of halogens is 4. The number of rotatable bonds is 5. The van der Waals surface area contributed by atoms with Gasteiger partial charge in [-0.15, -0.1) is 0 Å². The molecule has 2 aromatic rings. The Morgan fingerprint density at radius 3 is 2.77 bits per heavy atom. The van der Waals surface area contributed by atoms with E-state index in [0.717, 1.165) is 4.90 Å². The molecule has 0 aliphatic carbocycles. The Kier molecular flexibility index (Phi) is 6.22. The van der Waals surface area contributed by atoms with Crippen LogP contribution >= 0.6 is 15.9 Å². The summed E-state index contributed by atoms with van der Waals surface area (Å²) in [6.07, 6.45) is 0.816. The maximum atomic E-state index is 14.1. The van der Waals surface area contributed by atoms with E-state index in [9.17, 15) is 22.8 Å². The van der Waals surface area contributed by atoms with E-state index in [0.29, 0.717) is 15.7 Å². The third kappa shape index (κ3) is 4.84. The maximum absolute atomic E-state index is 14.1. The van der Waals surface area contributed by atoms with Gasteiger partial charge in [-0.3, -0.25) is 9.59 Å². The second-order valence-corrected chi connectivity index (χ2v) is 8.06. The topological polar surface area (TPSA) is 78.1 Å². The number of aromatic nitrogens is 1. The van der Waals surface area contributed by atoms with Crippen LogP contribution in [0.5, 0.6) is 0 Å². The summed E-state index contributed by atoms with van der Waals surface area (Å²) in [5.74, 6) is -4.82. The number of nitrogens with one attached hydrogen (secondary N) is 1. The molecule has 0 bridgehead atoms. The molecule has 2 heterocycles. The molecule has 0 spiro atoms. The largest absolute Gasteiger partial charge is 0.346 e. The van der Waals surface area contributed by atoms with E-state index >= 15 is 0 Å². The van der Waals surface area contributed by atoms with Crippen molar-refractivity contribution in [2.45, 2.75) is 31.9 Å². The van der Waals surface area contributed by atoms with Crippen LogP contribution in [0.3, 0.4) is 0 Å². The van der Waals surface area contributed by atoms with E-state index < -0.39 is 43.3 Å². The van der Waals surface area contributed by atoms with Gasteiger partial charge in [0.05, 0.1) is 31.3 Å². The highest BCUT2D eigenvalue weighted by atomic mass is 79.9. The molecule has 0 saturated carbocycles. The van der Waals surface area contributed by atoms with Gasteiger partial charge in [0.15, 0.2) is 0 Å². The number of hydrogen-bond acceptors (Lipinski definition) is 3. The summed E-state index contributed by atoms with van der Waals surface area (Å²) >= 11 is 3.20. The summed E-state index contributed by atoms with van der Waals surface area (Å²) in [5.41, 5.74) is 1.40. The number of nitriles is 1. The number of nitrogens with zero attached hydrogens (tertiary/aromatic N) is 3.